The minimum absolute atomic E-state index is 0.0613. The molecule has 0 unspecified atom stereocenters. The molecule has 0 spiro atoms. The molecule has 3 aromatic carbocycles. The second kappa shape index (κ2) is 8.93. The number of fused-ring (bicyclic) bond motifs is 1. The van der Waals surface area contributed by atoms with Gasteiger partial charge in [-0.1, -0.05) is 72.8 Å². The van der Waals surface area contributed by atoms with E-state index in [1.165, 1.54) is 5.56 Å². The average Bonchev–Trinajstić information content (AvgIpc) is 2.77. The fourth-order valence-corrected chi connectivity index (χ4v) is 3.98. The molecule has 0 bridgehead atoms. The Hall–Kier alpha value is -3.11. The van der Waals surface area contributed by atoms with Crippen LogP contribution >= 0.6 is 0 Å². The van der Waals surface area contributed by atoms with Crippen molar-refractivity contribution in [1.82, 2.24) is 5.32 Å². The van der Waals surface area contributed by atoms with Crippen LogP contribution in [0.3, 0.4) is 0 Å². The fraction of sp³-hybridized carbons (Fsp3) is 0.240. The summed E-state index contributed by atoms with van der Waals surface area (Å²) in [5.41, 5.74) is 4.20. The normalized spacial score (nSPS) is 16.6. The molecule has 3 aromatic rings. The smallest absolute Gasteiger partial charge is 0.221 e. The van der Waals surface area contributed by atoms with Crippen LogP contribution in [0.1, 0.15) is 40.7 Å². The molecule has 1 aliphatic rings. The van der Waals surface area contributed by atoms with E-state index in [1.807, 2.05) is 54.6 Å². The summed E-state index contributed by atoms with van der Waals surface area (Å²) in [6.07, 6.45) is 1.05. The second-order valence-electron chi connectivity index (χ2n) is 7.34. The Morgan fingerprint density at radius 2 is 1.72 bits per heavy atom. The van der Waals surface area contributed by atoms with E-state index in [2.05, 4.69) is 17.4 Å². The number of phenolic OH excluding ortho intramolecular Hbond substituents is 1. The summed E-state index contributed by atoms with van der Waals surface area (Å²) in [7, 11) is 0. The number of hydrogen-bond donors (Lipinski definition) is 2. The first kappa shape index (κ1) is 19.2. The Balaban J connectivity index is 1.47. The lowest BCUT2D eigenvalue weighted by Crippen LogP contribution is -2.32. The summed E-state index contributed by atoms with van der Waals surface area (Å²) < 4.78 is 5.89. The van der Waals surface area contributed by atoms with Crippen LogP contribution in [0.4, 0.5) is 0 Å². The third-order valence-electron chi connectivity index (χ3n) is 5.48. The predicted molar refractivity (Wildman–Crippen MR) is 113 cm³/mol. The van der Waals surface area contributed by atoms with E-state index >= 15 is 0 Å². The van der Waals surface area contributed by atoms with Crippen molar-refractivity contribution in [2.24, 2.45) is 0 Å². The van der Waals surface area contributed by atoms with Crippen molar-refractivity contribution in [3.63, 3.8) is 0 Å². The number of amides is 1. The molecule has 4 rings (SSSR count). The van der Waals surface area contributed by atoms with Gasteiger partial charge < -0.3 is 15.2 Å². The molecular weight excluding hydrogens is 362 g/mol. The highest BCUT2D eigenvalue weighted by Crippen LogP contribution is 2.34. The molecule has 0 saturated heterocycles. The summed E-state index contributed by atoms with van der Waals surface area (Å²) >= 11 is 0. The SMILES string of the molecule is O=C(C[C@@H](c1ccccc1)c1ccccc1O)NC[C@@H]1OCCc2ccccc21. The van der Waals surface area contributed by atoms with Crippen LogP contribution in [0.15, 0.2) is 78.9 Å². The van der Waals surface area contributed by atoms with Gasteiger partial charge in [0.05, 0.1) is 6.61 Å². The Morgan fingerprint density at radius 3 is 2.55 bits per heavy atom. The predicted octanol–water partition coefficient (Wildman–Crippen LogP) is 4.34. The summed E-state index contributed by atoms with van der Waals surface area (Å²) in [5, 5.41) is 13.4. The van der Waals surface area contributed by atoms with Crippen LogP contribution in [-0.4, -0.2) is 24.2 Å². The van der Waals surface area contributed by atoms with Crippen molar-refractivity contribution in [3.05, 3.63) is 101 Å². The molecule has 1 aliphatic heterocycles. The lowest BCUT2D eigenvalue weighted by Gasteiger charge is -2.26. The van der Waals surface area contributed by atoms with Crippen LogP contribution in [-0.2, 0) is 16.0 Å². The number of hydrogen-bond acceptors (Lipinski definition) is 3. The van der Waals surface area contributed by atoms with Gasteiger partial charge in [-0.15, -0.1) is 0 Å². The first-order valence-corrected chi connectivity index (χ1v) is 10.0. The standard InChI is InChI=1S/C25H25NO3/c27-23-13-7-6-12-21(23)22(18-8-2-1-3-9-18)16-25(28)26-17-24-20-11-5-4-10-19(20)14-15-29-24/h1-13,22,24,27H,14-17H2,(H,26,28)/t22-,24-/m0/s1. The van der Waals surface area contributed by atoms with Gasteiger partial charge in [0.2, 0.25) is 5.91 Å². The fourth-order valence-electron chi connectivity index (χ4n) is 3.98. The van der Waals surface area contributed by atoms with E-state index in [9.17, 15) is 9.90 Å². The molecule has 0 saturated carbocycles. The van der Waals surface area contributed by atoms with E-state index in [-0.39, 0.29) is 30.1 Å². The van der Waals surface area contributed by atoms with Crippen molar-refractivity contribution < 1.29 is 14.6 Å². The quantitative estimate of drug-likeness (QED) is 0.661. The molecule has 2 N–H and O–H groups in total. The third-order valence-corrected chi connectivity index (χ3v) is 5.48. The largest absolute Gasteiger partial charge is 0.508 e. The Morgan fingerprint density at radius 1 is 1.00 bits per heavy atom. The number of nitrogens with one attached hydrogen (secondary N) is 1. The number of benzene rings is 3. The lowest BCUT2D eigenvalue weighted by molar-refractivity contribution is -0.122. The van der Waals surface area contributed by atoms with Gasteiger partial charge in [0.25, 0.3) is 0 Å². The van der Waals surface area contributed by atoms with Crippen LogP contribution in [0.5, 0.6) is 5.75 Å². The minimum Gasteiger partial charge on any atom is -0.508 e. The zero-order chi connectivity index (χ0) is 20.1. The third kappa shape index (κ3) is 4.49. The van der Waals surface area contributed by atoms with E-state index < -0.39 is 0 Å². The van der Waals surface area contributed by atoms with E-state index in [0.717, 1.165) is 23.1 Å². The molecule has 1 amide bonds. The number of carbonyl (C=O) groups excluding carboxylic acids is 1. The van der Waals surface area contributed by atoms with E-state index in [4.69, 9.17) is 4.74 Å². The Bertz CT molecular complexity index is 971. The van der Waals surface area contributed by atoms with Crippen molar-refractivity contribution in [2.45, 2.75) is 24.9 Å². The molecule has 0 radical (unpaired) electrons. The molecule has 1 heterocycles. The van der Waals surface area contributed by atoms with Gasteiger partial charge in [0.15, 0.2) is 0 Å². The number of carbonyl (C=O) groups is 1. The molecule has 2 atom stereocenters. The molecule has 0 fully saturated rings. The highest BCUT2D eigenvalue weighted by Gasteiger charge is 2.24. The number of ether oxygens (including phenoxy) is 1. The van der Waals surface area contributed by atoms with Crippen LogP contribution < -0.4 is 5.32 Å². The van der Waals surface area contributed by atoms with Gasteiger partial charge in [0, 0.05) is 24.4 Å². The maximum absolute atomic E-state index is 12.8. The van der Waals surface area contributed by atoms with Gasteiger partial charge in [-0.05, 0) is 29.2 Å². The zero-order valence-electron chi connectivity index (χ0n) is 16.3. The molecule has 4 nitrogen and oxygen atoms in total. The van der Waals surface area contributed by atoms with Gasteiger partial charge in [0.1, 0.15) is 11.9 Å². The second-order valence-corrected chi connectivity index (χ2v) is 7.34. The number of aromatic hydroxyl groups is 1. The number of rotatable bonds is 6. The van der Waals surface area contributed by atoms with E-state index in [1.54, 1.807) is 12.1 Å². The van der Waals surface area contributed by atoms with Gasteiger partial charge >= 0.3 is 0 Å². The maximum Gasteiger partial charge on any atom is 0.221 e. The van der Waals surface area contributed by atoms with Gasteiger partial charge in [-0.2, -0.15) is 0 Å². The van der Waals surface area contributed by atoms with Crippen LogP contribution in [0.25, 0.3) is 0 Å². The summed E-state index contributed by atoms with van der Waals surface area (Å²) in [6.45, 7) is 1.11. The Kier molecular flexibility index (Phi) is 5.92. The van der Waals surface area contributed by atoms with Crippen molar-refractivity contribution in [2.75, 3.05) is 13.2 Å². The molecule has 4 heteroatoms. The topological polar surface area (TPSA) is 58.6 Å². The molecule has 29 heavy (non-hydrogen) atoms. The van der Waals surface area contributed by atoms with Crippen molar-refractivity contribution >= 4 is 5.91 Å². The average molecular weight is 387 g/mol. The highest BCUT2D eigenvalue weighted by molar-refractivity contribution is 5.77. The maximum atomic E-state index is 12.8. The van der Waals surface area contributed by atoms with Crippen molar-refractivity contribution in [1.29, 1.82) is 0 Å². The van der Waals surface area contributed by atoms with Crippen LogP contribution in [0.2, 0.25) is 0 Å². The summed E-state index contributed by atoms with van der Waals surface area (Å²) in [6, 6.07) is 25.3. The molecule has 0 aliphatic carbocycles. The first-order chi connectivity index (χ1) is 14.2. The van der Waals surface area contributed by atoms with Crippen LogP contribution in [0, 0.1) is 0 Å². The van der Waals surface area contributed by atoms with Gasteiger partial charge in [-0.3, -0.25) is 4.79 Å². The first-order valence-electron chi connectivity index (χ1n) is 10.0. The highest BCUT2D eigenvalue weighted by atomic mass is 16.5. The minimum atomic E-state index is -0.211. The molecule has 0 aromatic heterocycles. The molecular formula is C25H25NO3. The summed E-state index contributed by atoms with van der Waals surface area (Å²) in [5.74, 6) is -0.0654. The monoisotopic (exact) mass is 387 g/mol. The van der Waals surface area contributed by atoms with Gasteiger partial charge in [-0.25, -0.2) is 0 Å². The molecule has 148 valence electrons. The summed E-state index contributed by atoms with van der Waals surface area (Å²) in [4.78, 5) is 12.8. The number of phenols is 1. The van der Waals surface area contributed by atoms with E-state index in [0.29, 0.717) is 13.2 Å². The Labute approximate surface area is 171 Å². The van der Waals surface area contributed by atoms with Crippen molar-refractivity contribution in [3.8, 4) is 5.75 Å². The zero-order valence-corrected chi connectivity index (χ0v) is 16.3. The number of para-hydroxylation sites is 1. The lowest BCUT2D eigenvalue weighted by atomic mass is 9.87.